The quantitative estimate of drug-likeness (QED) is 0.739. The minimum absolute atomic E-state index is 0.343. The third-order valence-corrected chi connectivity index (χ3v) is 2.45. The zero-order valence-electron chi connectivity index (χ0n) is 8.52. The normalized spacial score (nSPS) is 10.3. The fraction of sp³-hybridized carbons (Fsp3) is 0.273. The Kier molecular flexibility index (Phi) is 3.09. The summed E-state index contributed by atoms with van der Waals surface area (Å²) in [5.74, 6) is -4.16. The lowest BCUT2D eigenvalue weighted by Gasteiger charge is -2.12. The van der Waals surface area contributed by atoms with Crippen molar-refractivity contribution in [2.75, 3.05) is 0 Å². The SMILES string of the molecule is Cc1cccc(C(C(=O)O)C(=O)O)c1C. The van der Waals surface area contributed by atoms with Crippen LogP contribution in [0.15, 0.2) is 18.2 Å². The molecule has 1 aromatic rings. The van der Waals surface area contributed by atoms with Crippen LogP contribution in [-0.4, -0.2) is 22.2 Å². The molecule has 0 bridgehead atoms. The number of aryl methyl sites for hydroxylation is 1. The van der Waals surface area contributed by atoms with Gasteiger partial charge in [-0.3, -0.25) is 9.59 Å². The van der Waals surface area contributed by atoms with E-state index in [4.69, 9.17) is 10.2 Å². The Morgan fingerprint density at radius 3 is 2.13 bits per heavy atom. The minimum Gasteiger partial charge on any atom is -0.480 e. The van der Waals surface area contributed by atoms with Crippen LogP contribution in [0, 0.1) is 13.8 Å². The largest absolute Gasteiger partial charge is 0.480 e. The van der Waals surface area contributed by atoms with E-state index >= 15 is 0 Å². The lowest BCUT2D eigenvalue weighted by atomic mass is 9.92. The second kappa shape index (κ2) is 4.13. The molecule has 0 saturated carbocycles. The van der Waals surface area contributed by atoms with Crippen molar-refractivity contribution in [1.82, 2.24) is 0 Å². The highest BCUT2D eigenvalue weighted by Gasteiger charge is 2.29. The predicted molar refractivity (Wildman–Crippen MR) is 53.9 cm³/mol. The second-order valence-electron chi connectivity index (χ2n) is 3.40. The lowest BCUT2D eigenvalue weighted by Crippen LogP contribution is -2.22. The van der Waals surface area contributed by atoms with E-state index in [1.165, 1.54) is 6.07 Å². The molecule has 1 aromatic carbocycles. The van der Waals surface area contributed by atoms with E-state index in [2.05, 4.69) is 0 Å². The first-order valence-corrected chi connectivity index (χ1v) is 4.47. The van der Waals surface area contributed by atoms with Crippen molar-refractivity contribution in [3.8, 4) is 0 Å². The third kappa shape index (κ3) is 2.15. The monoisotopic (exact) mass is 208 g/mol. The van der Waals surface area contributed by atoms with Gasteiger partial charge in [-0.25, -0.2) is 0 Å². The Morgan fingerprint density at radius 1 is 1.13 bits per heavy atom. The van der Waals surface area contributed by atoms with Crippen LogP contribution in [0.25, 0.3) is 0 Å². The molecular weight excluding hydrogens is 196 g/mol. The van der Waals surface area contributed by atoms with E-state index in [-0.39, 0.29) is 0 Å². The summed E-state index contributed by atoms with van der Waals surface area (Å²) in [5.41, 5.74) is 1.95. The molecule has 2 N–H and O–H groups in total. The second-order valence-corrected chi connectivity index (χ2v) is 3.40. The van der Waals surface area contributed by atoms with Gasteiger partial charge < -0.3 is 10.2 Å². The fourth-order valence-corrected chi connectivity index (χ4v) is 1.46. The van der Waals surface area contributed by atoms with Gasteiger partial charge in [-0.2, -0.15) is 0 Å². The molecule has 15 heavy (non-hydrogen) atoms. The van der Waals surface area contributed by atoms with Crippen LogP contribution in [0.5, 0.6) is 0 Å². The molecule has 1 rings (SSSR count). The molecular formula is C11H12O4. The van der Waals surface area contributed by atoms with Crippen LogP contribution in [0.1, 0.15) is 22.6 Å². The molecule has 0 spiro atoms. The van der Waals surface area contributed by atoms with Gasteiger partial charge in [-0.1, -0.05) is 18.2 Å². The molecule has 0 unspecified atom stereocenters. The number of carbonyl (C=O) groups is 2. The molecule has 0 radical (unpaired) electrons. The summed E-state index contributed by atoms with van der Waals surface area (Å²) in [7, 11) is 0. The molecule has 0 aliphatic heterocycles. The number of hydrogen-bond acceptors (Lipinski definition) is 2. The van der Waals surface area contributed by atoms with Gasteiger partial charge in [0.2, 0.25) is 0 Å². The number of carboxylic acid groups (broad SMARTS) is 2. The Hall–Kier alpha value is -1.84. The number of rotatable bonds is 3. The summed E-state index contributed by atoms with van der Waals surface area (Å²) >= 11 is 0. The number of aliphatic carboxylic acids is 2. The molecule has 0 saturated heterocycles. The highest BCUT2D eigenvalue weighted by molar-refractivity contribution is 5.99. The molecule has 0 fully saturated rings. The Morgan fingerprint density at radius 2 is 1.67 bits per heavy atom. The number of hydrogen-bond donors (Lipinski definition) is 2. The van der Waals surface area contributed by atoms with Crippen LogP contribution in [0.3, 0.4) is 0 Å². The molecule has 0 heterocycles. The van der Waals surface area contributed by atoms with Gasteiger partial charge in [0.25, 0.3) is 0 Å². The van der Waals surface area contributed by atoms with E-state index < -0.39 is 17.9 Å². The maximum absolute atomic E-state index is 10.8. The molecule has 4 heteroatoms. The van der Waals surface area contributed by atoms with Gasteiger partial charge in [0, 0.05) is 0 Å². The maximum Gasteiger partial charge on any atom is 0.322 e. The summed E-state index contributed by atoms with van der Waals surface area (Å²) in [6, 6.07) is 5.02. The van der Waals surface area contributed by atoms with E-state index in [0.29, 0.717) is 11.1 Å². The summed E-state index contributed by atoms with van der Waals surface area (Å²) in [5, 5.41) is 17.7. The zero-order chi connectivity index (χ0) is 11.6. The van der Waals surface area contributed by atoms with Crippen LogP contribution >= 0.6 is 0 Å². The summed E-state index contributed by atoms with van der Waals surface area (Å²) in [4.78, 5) is 21.6. The van der Waals surface area contributed by atoms with Gasteiger partial charge in [0.15, 0.2) is 5.92 Å². The first-order valence-electron chi connectivity index (χ1n) is 4.47. The number of benzene rings is 1. The van der Waals surface area contributed by atoms with Crippen molar-refractivity contribution in [3.63, 3.8) is 0 Å². The Bertz CT molecular complexity index is 395. The highest BCUT2D eigenvalue weighted by Crippen LogP contribution is 2.22. The van der Waals surface area contributed by atoms with Crippen molar-refractivity contribution < 1.29 is 19.8 Å². The Labute approximate surface area is 87.2 Å². The van der Waals surface area contributed by atoms with Crippen LogP contribution in [0.4, 0.5) is 0 Å². The molecule has 0 aliphatic rings. The van der Waals surface area contributed by atoms with E-state index in [9.17, 15) is 9.59 Å². The van der Waals surface area contributed by atoms with Gasteiger partial charge in [-0.05, 0) is 30.5 Å². The van der Waals surface area contributed by atoms with Crippen molar-refractivity contribution in [2.24, 2.45) is 0 Å². The van der Waals surface area contributed by atoms with Crippen LogP contribution in [-0.2, 0) is 9.59 Å². The lowest BCUT2D eigenvalue weighted by molar-refractivity contribution is -0.150. The maximum atomic E-state index is 10.8. The standard InChI is InChI=1S/C11H12O4/c1-6-4-3-5-8(7(6)2)9(10(12)13)11(14)15/h3-5,9H,1-2H3,(H,12,13)(H,14,15). The van der Waals surface area contributed by atoms with Crippen molar-refractivity contribution in [2.45, 2.75) is 19.8 Å². The average Bonchev–Trinajstić information content (AvgIpc) is 2.11. The minimum atomic E-state index is -1.48. The molecule has 0 atom stereocenters. The number of carboxylic acids is 2. The molecule has 0 amide bonds. The van der Waals surface area contributed by atoms with Gasteiger partial charge in [0.1, 0.15) is 0 Å². The van der Waals surface area contributed by atoms with Crippen LogP contribution in [0.2, 0.25) is 0 Å². The topological polar surface area (TPSA) is 74.6 Å². The highest BCUT2D eigenvalue weighted by atomic mass is 16.4. The van der Waals surface area contributed by atoms with Gasteiger partial charge >= 0.3 is 11.9 Å². The van der Waals surface area contributed by atoms with Crippen LogP contribution < -0.4 is 0 Å². The van der Waals surface area contributed by atoms with E-state index in [0.717, 1.165) is 5.56 Å². The summed E-state index contributed by atoms with van der Waals surface area (Å²) in [6.07, 6.45) is 0. The Balaban J connectivity index is 3.29. The van der Waals surface area contributed by atoms with Gasteiger partial charge in [0.05, 0.1) is 0 Å². The van der Waals surface area contributed by atoms with Crippen molar-refractivity contribution in [3.05, 3.63) is 34.9 Å². The fourth-order valence-electron chi connectivity index (χ4n) is 1.46. The first-order chi connectivity index (χ1) is 6.95. The zero-order valence-corrected chi connectivity index (χ0v) is 8.52. The first kappa shape index (κ1) is 11.2. The summed E-state index contributed by atoms with van der Waals surface area (Å²) in [6.45, 7) is 3.54. The molecule has 80 valence electrons. The average molecular weight is 208 g/mol. The third-order valence-electron chi connectivity index (χ3n) is 2.45. The van der Waals surface area contributed by atoms with Gasteiger partial charge in [-0.15, -0.1) is 0 Å². The van der Waals surface area contributed by atoms with Crippen molar-refractivity contribution >= 4 is 11.9 Å². The molecule has 4 nitrogen and oxygen atoms in total. The smallest absolute Gasteiger partial charge is 0.322 e. The molecule has 0 aliphatic carbocycles. The predicted octanol–water partition coefficient (Wildman–Crippen LogP) is 1.56. The molecule has 0 aromatic heterocycles. The van der Waals surface area contributed by atoms with Crippen molar-refractivity contribution in [1.29, 1.82) is 0 Å². The summed E-state index contributed by atoms with van der Waals surface area (Å²) < 4.78 is 0. The van der Waals surface area contributed by atoms with E-state index in [1.54, 1.807) is 13.0 Å². The van der Waals surface area contributed by atoms with E-state index in [1.807, 2.05) is 13.0 Å².